The Hall–Kier alpha value is -2.66. The first-order valence-corrected chi connectivity index (χ1v) is 10.5. The Morgan fingerprint density at radius 2 is 2.10 bits per heavy atom. The molecule has 0 radical (unpaired) electrons. The summed E-state index contributed by atoms with van der Waals surface area (Å²) in [6.45, 7) is 6.44. The van der Waals surface area contributed by atoms with Crippen molar-refractivity contribution in [1.29, 1.82) is 0 Å². The number of aromatic nitrogens is 2. The van der Waals surface area contributed by atoms with Gasteiger partial charge in [0.05, 0.1) is 11.0 Å². The molecule has 3 aromatic rings. The van der Waals surface area contributed by atoms with Gasteiger partial charge in [-0.25, -0.2) is 4.98 Å². The molecule has 1 unspecified atom stereocenters. The molecule has 1 fully saturated rings. The second-order valence-electron chi connectivity index (χ2n) is 7.93. The quantitative estimate of drug-likeness (QED) is 0.621. The minimum atomic E-state index is -0.260. The van der Waals surface area contributed by atoms with Gasteiger partial charge in [0.25, 0.3) is 0 Å². The minimum absolute atomic E-state index is 0.0198. The molecular formula is C24H29N3O2. The summed E-state index contributed by atoms with van der Waals surface area (Å²) < 4.78 is 7.77. The Morgan fingerprint density at radius 3 is 2.93 bits per heavy atom. The lowest BCUT2D eigenvalue weighted by atomic mass is 10.1. The lowest BCUT2D eigenvalue weighted by Crippen LogP contribution is -2.34. The molecule has 1 N–H and O–H groups in total. The van der Waals surface area contributed by atoms with Crippen LogP contribution in [0.5, 0.6) is 0 Å². The highest BCUT2D eigenvalue weighted by Gasteiger charge is 2.23. The van der Waals surface area contributed by atoms with Crippen molar-refractivity contribution in [2.75, 3.05) is 13.2 Å². The average molecular weight is 392 g/mol. The highest BCUT2D eigenvalue weighted by molar-refractivity contribution is 5.81. The summed E-state index contributed by atoms with van der Waals surface area (Å²) in [4.78, 5) is 17.0. The van der Waals surface area contributed by atoms with Crippen LogP contribution in [0.1, 0.15) is 41.8 Å². The number of carbonyl (C=O) groups excluding carboxylic acids is 1. The third-order valence-electron chi connectivity index (χ3n) is 5.67. The van der Waals surface area contributed by atoms with Crippen LogP contribution in [0, 0.1) is 13.8 Å². The van der Waals surface area contributed by atoms with Crippen molar-refractivity contribution in [3.8, 4) is 0 Å². The summed E-state index contributed by atoms with van der Waals surface area (Å²) in [5.41, 5.74) is 6.07. The average Bonchev–Trinajstić information content (AvgIpc) is 3.37. The Morgan fingerprint density at radius 1 is 1.24 bits per heavy atom. The van der Waals surface area contributed by atoms with Crippen LogP contribution in [0.3, 0.4) is 0 Å². The van der Waals surface area contributed by atoms with E-state index in [1.807, 2.05) is 6.07 Å². The van der Waals surface area contributed by atoms with E-state index in [9.17, 15) is 4.79 Å². The molecule has 1 aromatic heterocycles. The first-order chi connectivity index (χ1) is 14.1. The first-order valence-electron chi connectivity index (χ1n) is 10.5. The molecule has 0 bridgehead atoms. The fraction of sp³-hybridized carbons (Fsp3) is 0.417. The van der Waals surface area contributed by atoms with E-state index in [1.54, 1.807) is 0 Å². The van der Waals surface area contributed by atoms with Gasteiger partial charge in [-0.05, 0) is 56.4 Å². The Bertz CT molecular complexity index is 1000. The standard InChI is InChI=1S/C24H29N3O2/c1-17-11-12-18(2)19(15-17)16-27-21-8-4-3-7-20(21)26-23(27)10-5-13-25-24(28)22-9-6-14-29-22/h3-4,7-8,11-12,15,22H,5-6,9-10,13-14,16H2,1-2H3,(H,25,28). The van der Waals surface area contributed by atoms with E-state index in [2.05, 4.69) is 60.1 Å². The van der Waals surface area contributed by atoms with Gasteiger partial charge >= 0.3 is 0 Å². The zero-order chi connectivity index (χ0) is 20.2. The number of aryl methyl sites for hydroxylation is 3. The topological polar surface area (TPSA) is 56.2 Å². The van der Waals surface area contributed by atoms with Crippen LogP contribution in [-0.4, -0.2) is 34.7 Å². The zero-order valence-electron chi connectivity index (χ0n) is 17.3. The van der Waals surface area contributed by atoms with E-state index in [0.717, 1.165) is 49.1 Å². The Labute approximate surface area is 172 Å². The van der Waals surface area contributed by atoms with Crippen molar-refractivity contribution in [1.82, 2.24) is 14.9 Å². The number of fused-ring (bicyclic) bond motifs is 1. The van der Waals surface area contributed by atoms with E-state index < -0.39 is 0 Å². The van der Waals surface area contributed by atoms with Crippen LogP contribution in [0.15, 0.2) is 42.5 Å². The number of ether oxygens (including phenoxy) is 1. The molecule has 1 amide bonds. The zero-order valence-corrected chi connectivity index (χ0v) is 17.3. The highest BCUT2D eigenvalue weighted by atomic mass is 16.5. The van der Waals surface area contributed by atoms with Crippen molar-refractivity contribution < 1.29 is 9.53 Å². The van der Waals surface area contributed by atoms with Crippen LogP contribution in [0.4, 0.5) is 0 Å². The Kier molecular flexibility index (Phi) is 5.95. The van der Waals surface area contributed by atoms with Gasteiger partial charge in [0.1, 0.15) is 11.9 Å². The maximum absolute atomic E-state index is 12.1. The molecule has 29 heavy (non-hydrogen) atoms. The van der Waals surface area contributed by atoms with Crippen LogP contribution in [-0.2, 0) is 22.5 Å². The van der Waals surface area contributed by atoms with Crippen LogP contribution in [0.2, 0.25) is 0 Å². The van der Waals surface area contributed by atoms with Crippen LogP contribution < -0.4 is 5.32 Å². The molecule has 0 saturated carbocycles. The normalized spacial score (nSPS) is 16.4. The van der Waals surface area contributed by atoms with Crippen molar-refractivity contribution in [3.63, 3.8) is 0 Å². The second-order valence-corrected chi connectivity index (χ2v) is 7.93. The van der Waals surface area contributed by atoms with Crippen molar-refractivity contribution >= 4 is 16.9 Å². The monoisotopic (exact) mass is 391 g/mol. The number of rotatable bonds is 7. The lowest BCUT2D eigenvalue weighted by molar-refractivity contribution is -0.130. The van der Waals surface area contributed by atoms with Crippen molar-refractivity contribution in [3.05, 3.63) is 65.0 Å². The summed E-state index contributed by atoms with van der Waals surface area (Å²) in [7, 11) is 0. The van der Waals surface area contributed by atoms with Crippen molar-refractivity contribution in [2.45, 2.75) is 52.2 Å². The number of hydrogen-bond donors (Lipinski definition) is 1. The molecule has 1 aliphatic heterocycles. The molecule has 5 heteroatoms. The number of para-hydroxylation sites is 2. The van der Waals surface area contributed by atoms with Gasteiger partial charge < -0.3 is 14.6 Å². The molecule has 1 aliphatic rings. The maximum atomic E-state index is 12.1. The molecule has 1 saturated heterocycles. The van der Waals surface area contributed by atoms with Gasteiger partial charge in [-0.15, -0.1) is 0 Å². The number of imidazole rings is 1. The van der Waals surface area contributed by atoms with E-state index in [0.29, 0.717) is 13.2 Å². The van der Waals surface area contributed by atoms with Crippen LogP contribution >= 0.6 is 0 Å². The first kappa shape index (κ1) is 19.6. The number of benzene rings is 2. The molecular weight excluding hydrogens is 362 g/mol. The lowest BCUT2D eigenvalue weighted by Gasteiger charge is -2.13. The largest absolute Gasteiger partial charge is 0.368 e. The van der Waals surface area contributed by atoms with Gasteiger partial charge in [-0.1, -0.05) is 35.9 Å². The van der Waals surface area contributed by atoms with E-state index in [4.69, 9.17) is 9.72 Å². The summed E-state index contributed by atoms with van der Waals surface area (Å²) >= 11 is 0. The summed E-state index contributed by atoms with van der Waals surface area (Å²) in [6, 6.07) is 14.9. The van der Waals surface area contributed by atoms with E-state index in [1.165, 1.54) is 16.7 Å². The molecule has 152 valence electrons. The van der Waals surface area contributed by atoms with E-state index >= 15 is 0 Å². The predicted molar refractivity (Wildman–Crippen MR) is 115 cm³/mol. The molecule has 0 spiro atoms. The van der Waals surface area contributed by atoms with Gasteiger partial charge in [0.2, 0.25) is 5.91 Å². The highest BCUT2D eigenvalue weighted by Crippen LogP contribution is 2.21. The third kappa shape index (κ3) is 4.51. The van der Waals surface area contributed by atoms with Crippen molar-refractivity contribution in [2.24, 2.45) is 0 Å². The number of nitrogens with one attached hydrogen (secondary N) is 1. The van der Waals surface area contributed by atoms with Gasteiger partial charge in [0, 0.05) is 26.1 Å². The Balaban J connectivity index is 1.47. The fourth-order valence-corrected chi connectivity index (χ4v) is 3.99. The number of hydrogen-bond acceptors (Lipinski definition) is 3. The predicted octanol–water partition coefficient (Wildman–Crippen LogP) is 3.93. The third-order valence-corrected chi connectivity index (χ3v) is 5.67. The van der Waals surface area contributed by atoms with Crippen LogP contribution in [0.25, 0.3) is 11.0 Å². The smallest absolute Gasteiger partial charge is 0.249 e. The second kappa shape index (κ2) is 8.78. The summed E-state index contributed by atoms with van der Waals surface area (Å²) in [6.07, 6.45) is 3.22. The van der Waals surface area contributed by atoms with Gasteiger partial charge in [-0.2, -0.15) is 0 Å². The maximum Gasteiger partial charge on any atom is 0.249 e. The molecule has 0 aliphatic carbocycles. The summed E-state index contributed by atoms with van der Waals surface area (Å²) in [5.74, 6) is 1.09. The number of nitrogens with zero attached hydrogens (tertiary/aromatic N) is 2. The molecule has 2 aromatic carbocycles. The SMILES string of the molecule is Cc1ccc(C)c(Cn2c(CCCNC(=O)C3CCCO3)nc3ccccc32)c1. The number of carbonyl (C=O) groups is 1. The molecule has 5 nitrogen and oxygen atoms in total. The van der Waals surface area contributed by atoms with Gasteiger partial charge in [0.15, 0.2) is 0 Å². The fourth-order valence-electron chi connectivity index (χ4n) is 3.99. The molecule has 1 atom stereocenters. The van der Waals surface area contributed by atoms with Gasteiger partial charge in [-0.3, -0.25) is 4.79 Å². The minimum Gasteiger partial charge on any atom is -0.368 e. The summed E-state index contributed by atoms with van der Waals surface area (Å²) in [5, 5.41) is 3.01. The molecule has 2 heterocycles. The molecule has 4 rings (SSSR count). The van der Waals surface area contributed by atoms with E-state index in [-0.39, 0.29) is 12.0 Å². The number of amides is 1.